The van der Waals surface area contributed by atoms with E-state index in [9.17, 15) is 9.59 Å². The second kappa shape index (κ2) is 9.72. The predicted molar refractivity (Wildman–Crippen MR) is 96.0 cm³/mol. The second-order valence-corrected chi connectivity index (χ2v) is 5.97. The van der Waals surface area contributed by atoms with Crippen LogP contribution in [-0.4, -0.2) is 31.5 Å². The van der Waals surface area contributed by atoms with Crippen LogP contribution in [0.25, 0.3) is 0 Å². The van der Waals surface area contributed by atoms with Crippen molar-refractivity contribution in [2.24, 2.45) is 0 Å². The normalized spacial score (nSPS) is 10.0. The molecule has 126 valence electrons. The molecular weight excluding hydrogens is 372 g/mol. The maximum Gasteiger partial charge on any atom is 0.251 e. The molecule has 2 rings (SSSR count). The third-order valence-electron chi connectivity index (χ3n) is 3.15. The van der Waals surface area contributed by atoms with Crippen LogP contribution in [-0.2, 0) is 4.79 Å². The first kappa shape index (κ1) is 18.0. The molecule has 0 radical (unpaired) electrons. The molecule has 0 aliphatic heterocycles. The monoisotopic (exact) mass is 390 g/mol. The number of carbonyl (C=O) groups excluding carboxylic acids is 2. The zero-order chi connectivity index (χ0) is 17.2. The fraction of sp³-hybridized carbons (Fsp3) is 0.222. The highest BCUT2D eigenvalue weighted by Crippen LogP contribution is 2.11. The van der Waals surface area contributed by atoms with Crippen molar-refractivity contribution in [3.8, 4) is 5.75 Å². The van der Waals surface area contributed by atoms with Gasteiger partial charge in [-0.25, -0.2) is 0 Å². The highest BCUT2D eigenvalue weighted by Gasteiger charge is 2.07. The molecule has 0 saturated heterocycles. The van der Waals surface area contributed by atoms with Crippen molar-refractivity contribution in [2.75, 3.05) is 19.7 Å². The van der Waals surface area contributed by atoms with Gasteiger partial charge in [0, 0.05) is 16.6 Å². The Hall–Kier alpha value is -2.34. The number of halogens is 1. The summed E-state index contributed by atoms with van der Waals surface area (Å²) in [4.78, 5) is 23.6. The fourth-order valence-corrected chi connectivity index (χ4v) is 2.36. The summed E-state index contributed by atoms with van der Waals surface area (Å²) < 4.78 is 6.35. The summed E-state index contributed by atoms with van der Waals surface area (Å²) in [6.07, 6.45) is 0.695. The van der Waals surface area contributed by atoms with Crippen LogP contribution in [0.1, 0.15) is 16.8 Å². The molecular formula is C18H19BrN2O3. The largest absolute Gasteiger partial charge is 0.494 e. The molecule has 6 heteroatoms. The molecule has 0 bridgehead atoms. The van der Waals surface area contributed by atoms with E-state index < -0.39 is 0 Å². The zero-order valence-electron chi connectivity index (χ0n) is 13.1. The lowest BCUT2D eigenvalue weighted by molar-refractivity contribution is -0.120. The number of hydrogen-bond donors (Lipinski definition) is 2. The van der Waals surface area contributed by atoms with Crippen molar-refractivity contribution in [1.82, 2.24) is 10.6 Å². The Kier molecular flexibility index (Phi) is 7.29. The minimum atomic E-state index is -0.279. The Morgan fingerprint density at radius 3 is 2.54 bits per heavy atom. The van der Waals surface area contributed by atoms with E-state index in [1.54, 1.807) is 18.2 Å². The van der Waals surface area contributed by atoms with Gasteiger partial charge in [0.25, 0.3) is 5.91 Å². The van der Waals surface area contributed by atoms with Crippen LogP contribution in [0.3, 0.4) is 0 Å². The van der Waals surface area contributed by atoms with Gasteiger partial charge in [0.1, 0.15) is 5.75 Å². The van der Waals surface area contributed by atoms with Crippen LogP contribution in [0.5, 0.6) is 5.75 Å². The van der Waals surface area contributed by atoms with Crippen molar-refractivity contribution in [1.29, 1.82) is 0 Å². The van der Waals surface area contributed by atoms with Gasteiger partial charge < -0.3 is 15.4 Å². The Morgan fingerprint density at radius 2 is 1.79 bits per heavy atom. The number of rotatable bonds is 8. The summed E-state index contributed by atoms with van der Waals surface area (Å²) in [5, 5.41) is 5.33. The molecule has 2 N–H and O–H groups in total. The number of benzene rings is 2. The van der Waals surface area contributed by atoms with Crippen LogP contribution in [0, 0.1) is 0 Å². The molecule has 24 heavy (non-hydrogen) atoms. The molecule has 2 aromatic carbocycles. The van der Waals surface area contributed by atoms with Gasteiger partial charge in [-0.1, -0.05) is 40.2 Å². The number of carbonyl (C=O) groups is 2. The molecule has 0 aliphatic rings. The van der Waals surface area contributed by atoms with Crippen LogP contribution in [0.15, 0.2) is 59.1 Å². The topological polar surface area (TPSA) is 67.4 Å². The van der Waals surface area contributed by atoms with Gasteiger partial charge in [-0.15, -0.1) is 0 Å². The van der Waals surface area contributed by atoms with Crippen molar-refractivity contribution in [3.63, 3.8) is 0 Å². The molecule has 5 nitrogen and oxygen atoms in total. The van der Waals surface area contributed by atoms with Crippen LogP contribution in [0.2, 0.25) is 0 Å². The quantitative estimate of drug-likeness (QED) is 0.680. The molecule has 0 fully saturated rings. The van der Waals surface area contributed by atoms with E-state index >= 15 is 0 Å². The van der Waals surface area contributed by atoms with Gasteiger partial charge in [-0.05, 0) is 36.8 Å². The zero-order valence-corrected chi connectivity index (χ0v) is 14.7. The number of amides is 2. The SMILES string of the molecule is O=C(CNC(=O)c1cccc(Br)c1)NCCCOc1ccccc1. The van der Waals surface area contributed by atoms with Crippen LogP contribution < -0.4 is 15.4 Å². The molecule has 0 spiro atoms. The van der Waals surface area contributed by atoms with Gasteiger partial charge >= 0.3 is 0 Å². The Bertz CT molecular complexity index is 677. The van der Waals surface area contributed by atoms with Gasteiger partial charge in [0.05, 0.1) is 13.2 Å². The second-order valence-electron chi connectivity index (χ2n) is 5.06. The van der Waals surface area contributed by atoms with Crippen molar-refractivity contribution >= 4 is 27.7 Å². The molecule has 2 aromatic rings. The molecule has 0 unspecified atom stereocenters. The first-order valence-corrected chi connectivity index (χ1v) is 8.43. The van der Waals surface area contributed by atoms with E-state index in [1.807, 2.05) is 36.4 Å². The highest BCUT2D eigenvalue weighted by atomic mass is 79.9. The maximum absolute atomic E-state index is 11.9. The van der Waals surface area contributed by atoms with Gasteiger partial charge in [0.15, 0.2) is 0 Å². The van der Waals surface area contributed by atoms with Crippen molar-refractivity contribution in [2.45, 2.75) is 6.42 Å². The summed E-state index contributed by atoms with van der Waals surface area (Å²) >= 11 is 3.31. The minimum absolute atomic E-state index is 0.0507. The Balaban J connectivity index is 1.59. The lowest BCUT2D eigenvalue weighted by Crippen LogP contribution is -2.37. The smallest absolute Gasteiger partial charge is 0.251 e. The van der Waals surface area contributed by atoms with Crippen molar-refractivity contribution < 1.29 is 14.3 Å². The molecule has 2 amide bonds. The third-order valence-corrected chi connectivity index (χ3v) is 3.64. The summed E-state index contributed by atoms with van der Waals surface area (Å²) in [7, 11) is 0. The first-order chi connectivity index (χ1) is 11.6. The number of hydrogen-bond acceptors (Lipinski definition) is 3. The van der Waals surface area contributed by atoms with E-state index in [2.05, 4.69) is 26.6 Å². The molecule has 0 atom stereocenters. The molecule has 0 aromatic heterocycles. The van der Waals surface area contributed by atoms with Crippen LogP contribution in [0.4, 0.5) is 0 Å². The summed E-state index contributed by atoms with van der Waals surface area (Å²) in [5.74, 6) is 0.307. The van der Waals surface area contributed by atoms with E-state index in [0.29, 0.717) is 25.1 Å². The van der Waals surface area contributed by atoms with E-state index in [0.717, 1.165) is 10.2 Å². The highest BCUT2D eigenvalue weighted by molar-refractivity contribution is 9.10. The van der Waals surface area contributed by atoms with Crippen LogP contribution >= 0.6 is 15.9 Å². The van der Waals surface area contributed by atoms with E-state index in [-0.39, 0.29) is 18.4 Å². The Labute approximate surface area is 149 Å². The predicted octanol–water partition coefficient (Wildman–Crippen LogP) is 2.76. The standard InChI is InChI=1S/C18H19BrN2O3/c19-15-7-4-6-14(12-15)18(23)21-13-17(22)20-10-5-11-24-16-8-2-1-3-9-16/h1-4,6-9,12H,5,10-11,13H2,(H,20,22)(H,21,23). The minimum Gasteiger partial charge on any atom is -0.494 e. The Morgan fingerprint density at radius 1 is 1.00 bits per heavy atom. The molecule has 0 saturated carbocycles. The number of ether oxygens (including phenoxy) is 1. The molecule has 0 heterocycles. The van der Waals surface area contributed by atoms with E-state index in [4.69, 9.17) is 4.74 Å². The molecule has 0 aliphatic carbocycles. The average Bonchev–Trinajstić information content (AvgIpc) is 2.60. The average molecular weight is 391 g/mol. The lowest BCUT2D eigenvalue weighted by Gasteiger charge is -2.08. The van der Waals surface area contributed by atoms with E-state index in [1.165, 1.54) is 0 Å². The fourth-order valence-electron chi connectivity index (χ4n) is 1.96. The summed E-state index contributed by atoms with van der Waals surface area (Å²) in [6, 6.07) is 16.5. The summed E-state index contributed by atoms with van der Waals surface area (Å²) in [6.45, 7) is 0.970. The van der Waals surface area contributed by atoms with Gasteiger partial charge in [-0.2, -0.15) is 0 Å². The first-order valence-electron chi connectivity index (χ1n) is 7.63. The maximum atomic E-state index is 11.9. The van der Waals surface area contributed by atoms with Gasteiger partial charge in [-0.3, -0.25) is 9.59 Å². The van der Waals surface area contributed by atoms with Gasteiger partial charge in [0.2, 0.25) is 5.91 Å². The number of nitrogens with one attached hydrogen (secondary N) is 2. The number of para-hydroxylation sites is 1. The third kappa shape index (κ3) is 6.42. The summed E-state index contributed by atoms with van der Waals surface area (Å²) in [5.41, 5.74) is 0.508. The van der Waals surface area contributed by atoms with Crippen molar-refractivity contribution in [3.05, 3.63) is 64.6 Å². The lowest BCUT2D eigenvalue weighted by atomic mass is 10.2.